The number of halogens is 1. The number of carbonyl (C=O) groups excluding carboxylic acids is 2. The van der Waals surface area contributed by atoms with E-state index in [1.807, 2.05) is 0 Å². The van der Waals surface area contributed by atoms with Crippen molar-refractivity contribution >= 4 is 29.2 Å². The second-order valence-corrected chi connectivity index (χ2v) is 5.50. The number of aryl methyl sites for hydroxylation is 1. The molecule has 0 spiro atoms. The van der Waals surface area contributed by atoms with Crippen molar-refractivity contribution in [1.82, 2.24) is 0 Å². The van der Waals surface area contributed by atoms with Crippen LogP contribution in [0.5, 0.6) is 5.75 Å². The Kier molecular flexibility index (Phi) is 5.24. The van der Waals surface area contributed by atoms with E-state index in [2.05, 4.69) is 5.32 Å². The molecule has 1 amide bonds. The molecule has 2 N–H and O–H groups in total. The maximum absolute atomic E-state index is 12.1. The minimum absolute atomic E-state index is 0.0207. The van der Waals surface area contributed by atoms with Crippen LogP contribution in [-0.4, -0.2) is 23.1 Å². The monoisotopic (exact) mass is 333 g/mol. The molecular formula is C17H16ClNO4. The van der Waals surface area contributed by atoms with Gasteiger partial charge in [-0.25, -0.2) is 4.79 Å². The third-order valence-corrected chi connectivity index (χ3v) is 3.35. The van der Waals surface area contributed by atoms with E-state index >= 15 is 0 Å². The molecule has 5 nitrogen and oxygen atoms in total. The van der Waals surface area contributed by atoms with E-state index in [0.29, 0.717) is 10.7 Å². The Balaban J connectivity index is 2.03. The summed E-state index contributed by atoms with van der Waals surface area (Å²) in [4.78, 5) is 24.1. The summed E-state index contributed by atoms with van der Waals surface area (Å²) < 4.78 is 5.09. The second kappa shape index (κ2) is 7.15. The van der Waals surface area contributed by atoms with Crippen molar-refractivity contribution in [3.05, 3.63) is 58.6 Å². The predicted molar refractivity (Wildman–Crippen MR) is 87.8 cm³/mol. The maximum Gasteiger partial charge on any atom is 0.342 e. The molecular weight excluding hydrogens is 318 g/mol. The van der Waals surface area contributed by atoms with Gasteiger partial charge in [-0.2, -0.15) is 0 Å². The van der Waals surface area contributed by atoms with Gasteiger partial charge < -0.3 is 15.2 Å². The standard InChI is InChI=1S/C17H16ClNO4/c1-10-6-7-15(20)14(8-10)17(22)23-11(2)16(21)19-13-5-3-4-12(18)9-13/h3-9,11,20H,1-2H3,(H,19,21)/t11-/m1/s1. The number of benzene rings is 2. The lowest BCUT2D eigenvalue weighted by Gasteiger charge is -2.14. The molecule has 120 valence electrons. The molecule has 0 aliphatic rings. The molecule has 0 unspecified atom stereocenters. The number of aromatic hydroxyl groups is 1. The predicted octanol–water partition coefficient (Wildman–Crippen LogP) is 3.54. The first kappa shape index (κ1) is 16.8. The van der Waals surface area contributed by atoms with Crippen LogP contribution in [0.2, 0.25) is 5.02 Å². The summed E-state index contributed by atoms with van der Waals surface area (Å²) in [6, 6.07) is 11.2. The normalized spacial score (nSPS) is 11.6. The first-order valence-electron chi connectivity index (χ1n) is 6.94. The summed E-state index contributed by atoms with van der Waals surface area (Å²) in [5.41, 5.74) is 1.32. The van der Waals surface area contributed by atoms with Crippen molar-refractivity contribution in [1.29, 1.82) is 0 Å². The van der Waals surface area contributed by atoms with E-state index < -0.39 is 18.0 Å². The summed E-state index contributed by atoms with van der Waals surface area (Å²) in [6.07, 6.45) is -1.03. The highest BCUT2D eigenvalue weighted by Gasteiger charge is 2.21. The number of phenols is 1. The molecule has 6 heteroatoms. The highest BCUT2D eigenvalue weighted by atomic mass is 35.5. The van der Waals surface area contributed by atoms with Gasteiger partial charge >= 0.3 is 5.97 Å². The molecule has 0 aliphatic carbocycles. The van der Waals surface area contributed by atoms with Crippen molar-refractivity contribution in [3.63, 3.8) is 0 Å². The van der Waals surface area contributed by atoms with Gasteiger partial charge in [-0.15, -0.1) is 0 Å². The van der Waals surface area contributed by atoms with Gasteiger partial charge in [-0.3, -0.25) is 4.79 Å². The fraction of sp³-hybridized carbons (Fsp3) is 0.176. The van der Waals surface area contributed by atoms with Crippen molar-refractivity contribution in [2.75, 3.05) is 5.32 Å². The van der Waals surface area contributed by atoms with Crippen LogP contribution >= 0.6 is 11.6 Å². The Labute approximate surface area is 138 Å². The fourth-order valence-corrected chi connectivity index (χ4v) is 2.09. The molecule has 0 aromatic heterocycles. The van der Waals surface area contributed by atoms with Crippen LogP contribution < -0.4 is 5.32 Å². The number of hydrogen-bond donors (Lipinski definition) is 2. The topological polar surface area (TPSA) is 75.6 Å². The van der Waals surface area contributed by atoms with Crippen LogP contribution in [0.1, 0.15) is 22.8 Å². The Morgan fingerprint density at radius 2 is 1.96 bits per heavy atom. The first-order valence-corrected chi connectivity index (χ1v) is 7.31. The molecule has 2 aromatic carbocycles. The summed E-state index contributed by atoms with van der Waals surface area (Å²) in [5.74, 6) is -1.45. The first-order chi connectivity index (χ1) is 10.9. The third-order valence-electron chi connectivity index (χ3n) is 3.12. The minimum Gasteiger partial charge on any atom is -0.507 e. The van der Waals surface area contributed by atoms with Crippen LogP contribution in [-0.2, 0) is 9.53 Å². The van der Waals surface area contributed by atoms with Crippen molar-refractivity contribution in [2.45, 2.75) is 20.0 Å². The molecule has 2 rings (SSSR count). The number of rotatable bonds is 4. The summed E-state index contributed by atoms with van der Waals surface area (Å²) in [6.45, 7) is 3.23. The highest BCUT2D eigenvalue weighted by molar-refractivity contribution is 6.30. The average Bonchev–Trinajstić information content (AvgIpc) is 2.49. The number of carbonyl (C=O) groups is 2. The molecule has 0 saturated heterocycles. The Morgan fingerprint density at radius 1 is 1.22 bits per heavy atom. The number of ether oxygens (including phenoxy) is 1. The van der Waals surface area contributed by atoms with Gasteiger partial charge in [-0.1, -0.05) is 29.3 Å². The van der Waals surface area contributed by atoms with Gasteiger partial charge in [0.1, 0.15) is 11.3 Å². The van der Waals surface area contributed by atoms with E-state index in [1.165, 1.54) is 19.1 Å². The second-order valence-electron chi connectivity index (χ2n) is 5.07. The number of esters is 1. The molecule has 2 aromatic rings. The molecule has 1 atom stereocenters. The van der Waals surface area contributed by atoms with E-state index in [9.17, 15) is 14.7 Å². The lowest BCUT2D eigenvalue weighted by Crippen LogP contribution is -2.30. The van der Waals surface area contributed by atoms with Gasteiger partial charge in [0.05, 0.1) is 0 Å². The Bertz CT molecular complexity index is 745. The van der Waals surface area contributed by atoms with E-state index in [0.717, 1.165) is 5.56 Å². The van der Waals surface area contributed by atoms with Crippen LogP contribution in [0.15, 0.2) is 42.5 Å². The van der Waals surface area contributed by atoms with Crippen molar-refractivity contribution in [2.24, 2.45) is 0 Å². The van der Waals surface area contributed by atoms with E-state index in [1.54, 1.807) is 37.3 Å². The molecule has 0 bridgehead atoms. The molecule has 0 saturated carbocycles. The lowest BCUT2D eigenvalue weighted by molar-refractivity contribution is -0.123. The SMILES string of the molecule is Cc1ccc(O)c(C(=O)O[C@H](C)C(=O)Nc2cccc(Cl)c2)c1. The van der Waals surface area contributed by atoms with E-state index in [-0.39, 0.29) is 11.3 Å². The largest absolute Gasteiger partial charge is 0.507 e. The van der Waals surface area contributed by atoms with Crippen LogP contribution in [0.4, 0.5) is 5.69 Å². The summed E-state index contributed by atoms with van der Waals surface area (Å²) >= 11 is 5.84. The molecule has 0 radical (unpaired) electrons. The minimum atomic E-state index is -1.03. The van der Waals surface area contributed by atoms with Crippen molar-refractivity contribution < 1.29 is 19.4 Å². The molecule has 0 aliphatic heterocycles. The number of phenolic OH excluding ortho intramolecular Hbond substituents is 1. The Morgan fingerprint density at radius 3 is 2.65 bits per heavy atom. The highest BCUT2D eigenvalue weighted by Crippen LogP contribution is 2.20. The van der Waals surface area contributed by atoms with Crippen LogP contribution in [0.25, 0.3) is 0 Å². The molecule has 0 heterocycles. The quantitative estimate of drug-likeness (QED) is 0.839. The summed E-state index contributed by atoms with van der Waals surface area (Å²) in [7, 11) is 0. The number of nitrogens with one attached hydrogen (secondary N) is 1. The molecule has 23 heavy (non-hydrogen) atoms. The van der Waals surface area contributed by atoms with Gasteiger partial charge in [0, 0.05) is 10.7 Å². The molecule has 0 fully saturated rings. The van der Waals surface area contributed by atoms with Gasteiger partial charge in [0.2, 0.25) is 0 Å². The van der Waals surface area contributed by atoms with Gasteiger partial charge in [0.25, 0.3) is 5.91 Å². The fourth-order valence-electron chi connectivity index (χ4n) is 1.90. The third kappa shape index (κ3) is 4.47. The summed E-state index contributed by atoms with van der Waals surface area (Å²) in [5, 5.41) is 12.8. The zero-order chi connectivity index (χ0) is 17.0. The van der Waals surface area contributed by atoms with E-state index in [4.69, 9.17) is 16.3 Å². The zero-order valence-electron chi connectivity index (χ0n) is 12.7. The smallest absolute Gasteiger partial charge is 0.342 e. The lowest BCUT2D eigenvalue weighted by atomic mass is 10.1. The average molecular weight is 334 g/mol. The number of amides is 1. The van der Waals surface area contributed by atoms with Gasteiger partial charge in [0.15, 0.2) is 6.10 Å². The van der Waals surface area contributed by atoms with Crippen LogP contribution in [0.3, 0.4) is 0 Å². The Hall–Kier alpha value is -2.53. The van der Waals surface area contributed by atoms with Gasteiger partial charge in [-0.05, 0) is 44.2 Å². The maximum atomic E-state index is 12.1. The van der Waals surface area contributed by atoms with Crippen LogP contribution in [0, 0.1) is 6.92 Å². The number of hydrogen-bond acceptors (Lipinski definition) is 4. The number of anilines is 1. The van der Waals surface area contributed by atoms with Crippen molar-refractivity contribution in [3.8, 4) is 5.75 Å². The zero-order valence-corrected chi connectivity index (χ0v) is 13.4.